The third-order valence-corrected chi connectivity index (χ3v) is 6.89. The molecule has 6 nitrogen and oxygen atoms in total. The van der Waals surface area contributed by atoms with Crippen LogP contribution in [0, 0.1) is 25.6 Å². The Labute approximate surface area is 185 Å². The van der Waals surface area contributed by atoms with Gasteiger partial charge in [0.2, 0.25) is 5.95 Å². The Balaban J connectivity index is 1.57. The molecular formula is C23H27FN4O2S. The normalized spacial score (nSPS) is 14.8. The molecule has 0 aliphatic carbocycles. The molecule has 1 fully saturated rings. The zero-order valence-corrected chi connectivity index (χ0v) is 18.9. The van der Waals surface area contributed by atoms with Crippen molar-refractivity contribution in [2.45, 2.75) is 40.2 Å². The molecule has 3 aromatic rings. The number of halogens is 1. The number of nitrogens with zero attached hydrogens (tertiary/aromatic N) is 3. The molecule has 0 saturated carbocycles. The van der Waals surface area contributed by atoms with Crippen LogP contribution in [-0.4, -0.2) is 35.6 Å². The molecule has 31 heavy (non-hydrogen) atoms. The number of piperidine rings is 1. The number of aryl methyl sites for hydroxylation is 2. The highest BCUT2D eigenvalue weighted by Gasteiger charge is 2.28. The summed E-state index contributed by atoms with van der Waals surface area (Å²) < 4.78 is 18.4. The van der Waals surface area contributed by atoms with Crippen molar-refractivity contribution >= 4 is 39.3 Å². The van der Waals surface area contributed by atoms with E-state index in [1.165, 1.54) is 22.6 Å². The Bertz CT molecular complexity index is 1080. The fourth-order valence-corrected chi connectivity index (χ4v) is 4.90. The monoisotopic (exact) mass is 442 g/mol. The molecule has 3 heterocycles. The zero-order valence-electron chi connectivity index (χ0n) is 18.1. The maximum Gasteiger partial charge on any atom is 0.309 e. The fraction of sp³-hybridized carbons (Fsp3) is 0.435. The summed E-state index contributed by atoms with van der Waals surface area (Å²) in [6, 6.07) is 6.47. The van der Waals surface area contributed by atoms with E-state index < -0.39 is 0 Å². The number of hydrogen-bond acceptors (Lipinski definition) is 7. The summed E-state index contributed by atoms with van der Waals surface area (Å²) in [5, 5.41) is 4.47. The molecule has 0 unspecified atom stereocenters. The number of thiophene rings is 1. The summed E-state index contributed by atoms with van der Waals surface area (Å²) in [6.45, 7) is 8.41. The van der Waals surface area contributed by atoms with Gasteiger partial charge in [-0.1, -0.05) is 12.1 Å². The standard InChI is InChI=1S/C23H27FN4O2S/c1-4-30-22(29)17-9-11-28(12-10-17)23-26-20(19-14(2)15(3)31-21(19)27-23)25-13-16-5-7-18(24)8-6-16/h5-8,17H,4,9-13H2,1-3H3,(H,25,26,27). The molecular weight excluding hydrogens is 415 g/mol. The molecule has 1 saturated heterocycles. The molecule has 0 radical (unpaired) electrons. The largest absolute Gasteiger partial charge is 0.466 e. The molecule has 0 atom stereocenters. The highest BCUT2D eigenvalue weighted by Crippen LogP contribution is 2.35. The molecule has 2 aromatic heterocycles. The molecule has 4 rings (SSSR count). The number of nitrogens with one attached hydrogen (secondary N) is 1. The highest BCUT2D eigenvalue weighted by atomic mass is 32.1. The van der Waals surface area contributed by atoms with E-state index in [4.69, 9.17) is 14.7 Å². The molecule has 0 bridgehead atoms. The summed E-state index contributed by atoms with van der Waals surface area (Å²) in [7, 11) is 0. The van der Waals surface area contributed by atoms with Crippen LogP contribution in [0.5, 0.6) is 0 Å². The molecule has 164 valence electrons. The average Bonchev–Trinajstić information content (AvgIpc) is 3.07. The molecule has 8 heteroatoms. The van der Waals surface area contributed by atoms with Crippen molar-refractivity contribution in [3.8, 4) is 0 Å². The van der Waals surface area contributed by atoms with E-state index in [0.717, 1.165) is 47.5 Å². The van der Waals surface area contributed by atoms with Crippen molar-refractivity contribution in [1.29, 1.82) is 0 Å². The highest BCUT2D eigenvalue weighted by molar-refractivity contribution is 7.18. The Morgan fingerprint density at radius 3 is 2.61 bits per heavy atom. The van der Waals surface area contributed by atoms with Crippen LogP contribution in [0.2, 0.25) is 0 Å². The van der Waals surface area contributed by atoms with Crippen LogP contribution in [0.3, 0.4) is 0 Å². The SMILES string of the molecule is CCOC(=O)C1CCN(c2nc(NCc3ccc(F)cc3)c3c(C)c(C)sc3n2)CC1. The van der Waals surface area contributed by atoms with Gasteiger partial charge in [-0.15, -0.1) is 11.3 Å². The van der Waals surface area contributed by atoms with Crippen LogP contribution in [0.1, 0.15) is 35.8 Å². The van der Waals surface area contributed by atoms with Crippen LogP contribution in [0.15, 0.2) is 24.3 Å². The third-order valence-electron chi connectivity index (χ3n) is 5.79. The van der Waals surface area contributed by atoms with E-state index >= 15 is 0 Å². The van der Waals surface area contributed by atoms with Gasteiger partial charge in [0.05, 0.1) is 17.9 Å². The van der Waals surface area contributed by atoms with Gasteiger partial charge in [0.25, 0.3) is 0 Å². The Hall–Kier alpha value is -2.74. The number of ether oxygens (including phenoxy) is 1. The predicted molar refractivity (Wildman–Crippen MR) is 122 cm³/mol. The van der Waals surface area contributed by atoms with E-state index in [-0.39, 0.29) is 17.7 Å². The number of rotatable bonds is 6. The summed E-state index contributed by atoms with van der Waals surface area (Å²) in [6.07, 6.45) is 1.47. The lowest BCUT2D eigenvalue weighted by Gasteiger charge is -2.31. The number of benzene rings is 1. The molecule has 1 aliphatic heterocycles. The van der Waals surface area contributed by atoms with Gasteiger partial charge in [0.15, 0.2) is 0 Å². The second-order valence-electron chi connectivity index (χ2n) is 7.83. The van der Waals surface area contributed by atoms with Crippen LogP contribution in [0.25, 0.3) is 10.2 Å². The topological polar surface area (TPSA) is 67.3 Å². The van der Waals surface area contributed by atoms with Crippen LogP contribution in [0.4, 0.5) is 16.2 Å². The minimum absolute atomic E-state index is 0.0535. The number of aromatic nitrogens is 2. The van der Waals surface area contributed by atoms with E-state index in [9.17, 15) is 9.18 Å². The van der Waals surface area contributed by atoms with Crippen LogP contribution < -0.4 is 10.2 Å². The molecule has 0 amide bonds. The minimum Gasteiger partial charge on any atom is -0.466 e. The smallest absolute Gasteiger partial charge is 0.309 e. The van der Waals surface area contributed by atoms with E-state index in [1.807, 2.05) is 6.92 Å². The summed E-state index contributed by atoms with van der Waals surface area (Å²) in [5.41, 5.74) is 2.16. The van der Waals surface area contributed by atoms with Gasteiger partial charge in [-0.3, -0.25) is 4.79 Å². The average molecular weight is 443 g/mol. The van der Waals surface area contributed by atoms with Gasteiger partial charge >= 0.3 is 5.97 Å². The Morgan fingerprint density at radius 1 is 1.23 bits per heavy atom. The number of carbonyl (C=O) groups is 1. The third kappa shape index (κ3) is 4.63. The van der Waals surface area contributed by atoms with Gasteiger partial charge in [0.1, 0.15) is 16.5 Å². The summed E-state index contributed by atoms with van der Waals surface area (Å²) >= 11 is 1.67. The van der Waals surface area contributed by atoms with Crippen molar-refractivity contribution in [3.63, 3.8) is 0 Å². The molecule has 0 spiro atoms. The number of esters is 1. The van der Waals surface area contributed by atoms with E-state index in [2.05, 4.69) is 24.1 Å². The lowest BCUT2D eigenvalue weighted by atomic mass is 9.97. The van der Waals surface area contributed by atoms with Gasteiger partial charge in [-0.25, -0.2) is 9.37 Å². The minimum atomic E-state index is -0.244. The zero-order chi connectivity index (χ0) is 22.0. The molecule has 1 aliphatic rings. The Morgan fingerprint density at radius 2 is 1.94 bits per heavy atom. The first kappa shape index (κ1) is 21.5. The van der Waals surface area contributed by atoms with Crippen LogP contribution in [-0.2, 0) is 16.1 Å². The lowest BCUT2D eigenvalue weighted by Crippen LogP contribution is -2.38. The predicted octanol–water partition coefficient (Wildman–Crippen LogP) is 4.84. The van der Waals surface area contributed by atoms with Gasteiger partial charge in [-0.2, -0.15) is 4.98 Å². The van der Waals surface area contributed by atoms with Crippen LogP contribution >= 0.6 is 11.3 Å². The van der Waals surface area contributed by atoms with Gasteiger partial charge in [-0.05, 0) is 56.9 Å². The number of anilines is 2. The van der Waals surface area contributed by atoms with Crippen molar-refractivity contribution in [2.24, 2.45) is 5.92 Å². The van der Waals surface area contributed by atoms with Gasteiger partial charge < -0.3 is 15.0 Å². The maximum absolute atomic E-state index is 13.2. The number of carbonyl (C=O) groups excluding carboxylic acids is 1. The second kappa shape index (κ2) is 9.18. The van der Waals surface area contributed by atoms with Crippen molar-refractivity contribution in [2.75, 3.05) is 29.9 Å². The quantitative estimate of drug-likeness (QED) is 0.551. The summed E-state index contributed by atoms with van der Waals surface area (Å²) in [4.78, 5) is 26.1. The first-order valence-corrected chi connectivity index (χ1v) is 11.5. The van der Waals surface area contributed by atoms with Crippen molar-refractivity contribution in [1.82, 2.24) is 9.97 Å². The van der Waals surface area contributed by atoms with E-state index in [0.29, 0.717) is 19.1 Å². The summed E-state index contributed by atoms with van der Waals surface area (Å²) in [5.74, 6) is 1.06. The van der Waals surface area contributed by atoms with Gasteiger partial charge in [0, 0.05) is 24.5 Å². The lowest BCUT2D eigenvalue weighted by molar-refractivity contribution is -0.148. The first-order valence-electron chi connectivity index (χ1n) is 10.6. The Kier molecular flexibility index (Phi) is 6.36. The van der Waals surface area contributed by atoms with E-state index in [1.54, 1.807) is 23.5 Å². The van der Waals surface area contributed by atoms with Crippen molar-refractivity contribution < 1.29 is 13.9 Å². The number of hydrogen-bond donors (Lipinski definition) is 1. The molecule has 1 aromatic carbocycles. The van der Waals surface area contributed by atoms with Crippen molar-refractivity contribution in [3.05, 3.63) is 46.1 Å². The maximum atomic E-state index is 13.2. The molecule has 1 N–H and O–H groups in total. The fourth-order valence-electron chi connectivity index (χ4n) is 3.87. The number of fused-ring (bicyclic) bond motifs is 1. The first-order chi connectivity index (χ1) is 15.0. The second-order valence-corrected chi connectivity index (χ2v) is 9.03.